The first-order chi connectivity index (χ1) is 15.6. The fourth-order valence-electron chi connectivity index (χ4n) is 3.56. The van der Waals surface area contributed by atoms with E-state index < -0.39 is 0 Å². The number of hydrogen-bond acceptors (Lipinski definition) is 5. The number of carbonyl (C=O) groups is 2. The SMILES string of the molecule is COc1ccc(N2CCN(C(=O)NCc3ccc(NC(=O)c4ccco4)cc3)CC2)cc1. The first-order valence-electron chi connectivity index (χ1n) is 10.5. The molecule has 3 aromatic rings. The van der Waals surface area contributed by atoms with E-state index >= 15 is 0 Å². The zero-order valence-corrected chi connectivity index (χ0v) is 17.9. The van der Waals surface area contributed by atoms with Crippen molar-refractivity contribution in [3.05, 3.63) is 78.3 Å². The Bertz CT molecular complexity index is 1020. The Morgan fingerprint density at radius 2 is 1.69 bits per heavy atom. The molecule has 0 aliphatic carbocycles. The Morgan fingerprint density at radius 3 is 2.31 bits per heavy atom. The number of benzene rings is 2. The summed E-state index contributed by atoms with van der Waals surface area (Å²) < 4.78 is 10.3. The van der Waals surface area contributed by atoms with Crippen LogP contribution in [0.2, 0.25) is 0 Å². The molecule has 8 heteroatoms. The molecule has 32 heavy (non-hydrogen) atoms. The molecule has 0 spiro atoms. The van der Waals surface area contributed by atoms with Crippen molar-refractivity contribution in [1.29, 1.82) is 0 Å². The molecule has 0 saturated carbocycles. The maximum atomic E-state index is 12.6. The van der Waals surface area contributed by atoms with Gasteiger partial charge in [-0.3, -0.25) is 4.79 Å². The molecule has 0 atom stereocenters. The summed E-state index contributed by atoms with van der Waals surface area (Å²) in [6.07, 6.45) is 1.46. The average Bonchev–Trinajstić information content (AvgIpc) is 3.39. The van der Waals surface area contributed by atoms with Crippen molar-refractivity contribution < 1.29 is 18.7 Å². The van der Waals surface area contributed by atoms with Gasteiger partial charge in [0.25, 0.3) is 5.91 Å². The number of furan rings is 1. The first kappa shape index (κ1) is 21.3. The predicted molar refractivity (Wildman–Crippen MR) is 122 cm³/mol. The van der Waals surface area contributed by atoms with E-state index in [0.717, 1.165) is 30.1 Å². The number of nitrogens with one attached hydrogen (secondary N) is 2. The number of urea groups is 1. The maximum Gasteiger partial charge on any atom is 0.317 e. The van der Waals surface area contributed by atoms with Crippen molar-refractivity contribution in [2.45, 2.75) is 6.54 Å². The molecule has 0 radical (unpaired) electrons. The van der Waals surface area contributed by atoms with Gasteiger partial charge in [0.15, 0.2) is 5.76 Å². The molecule has 0 unspecified atom stereocenters. The first-order valence-corrected chi connectivity index (χ1v) is 10.5. The Hall–Kier alpha value is -3.94. The van der Waals surface area contributed by atoms with Gasteiger partial charge in [0.2, 0.25) is 0 Å². The zero-order valence-electron chi connectivity index (χ0n) is 17.9. The number of piperazine rings is 1. The van der Waals surface area contributed by atoms with Gasteiger partial charge < -0.3 is 29.6 Å². The molecular weight excluding hydrogens is 408 g/mol. The van der Waals surface area contributed by atoms with Gasteiger partial charge in [0, 0.05) is 44.1 Å². The van der Waals surface area contributed by atoms with Gasteiger partial charge in [-0.25, -0.2) is 4.79 Å². The molecule has 3 amide bonds. The topological polar surface area (TPSA) is 87.0 Å². The summed E-state index contributed by atoms with van der Waals surface area (Å²) in [5.41, 5.74) is 2.74. The summed E-state index contributed by atoms with van der Waals surface area (Å²) >= 11 is 0. The van der Waals surface area contributed by atoms with Crippen LogP contribution in [0.3, 0.4) is 0 Å². The van der Waals surface area contributed by atoms with Crippen molar-refractivity contribution in [3.63, 3.8) is 0 Å². The quantitative estimate of drug-likeness (QED) is 0.619. The lowest BCUT2D eigenvalue weighted by Gasteiger charge is -2.36. The maximum absolute atomic E-state index is 12.6. The van der Waals surface area contributed by atoms with E-state index in [2.05, 4.69) is 15.5 Å². The highest BCUT2D eigenvalue weighted by molar-refractivity contribution is 6.02. The Morgan fingerprint density at radius 1 is 0.969 bits per heavy atom. The van der Waals surface area contributed by atoms with Gasteiger partial charge in [-0.05, 0) is 54.1 Å². The number of amides is 3. The fourth-order valence-corrected chi connectivity index (χ4v) is 3.56. The molecule has 2 N–H and O–H groups in total. The molecule has 1 aliphatic rings. The van der Waals surface area contributed by atoms with Crippen molar-refractivity contribution in [3.8, 4) is 5.75 Å². The van der Waals surface area contributed by atoms with Crippen LogP contribution < -0.4 is 20.3 Å². The molecule has 4 rings (SSSR count). The Labute approximate surface area is 186 Å². The van der Waals surface area contributed by atoms with Gasteiger partial charge in [-0.2, -0.15) is 0 Å². The van der Waals surface area contributed by atoms with E-state index in [9.17, 15) is 9.59 Å². The van der Waals surface area contributed by atoms with Crippen molar-refractivity contribution in [1.82, 2.24) is 10.2 Å². The van der Waals surface area contributed by atoms with E-state index in [4.69, 9.17) is 9.15 Å². The van der Waals surface area contributed by atoms with Crippen molar-refractivity contribution >= 4 is 23.3 Å². The van der Waals surface area contributed by atoms with Gasteiger partial charge in [-0.1, -0.05) is 12.1 Å². The highest BCUT2D eigenvalue weighted by Gasteiger charge is 2.21. The van der Waals surface area contributed by atoms with Gasteiger partial charge >= 0.3 is 6.03 Å². The van der Waals surface area contributed by atoms with E-state index in [0.29, 0.717) is 25.3 Å². The lowest BCUT2D eigenvalue weighted by atomic mass is 10.2. The summed E-state index contributed by atoms with van der Waals surface area (Å²) in [4.78, 5) is 28.7. The summed E-state index contributed by atoms with van der Waals surface area (Å²) in [6.45, 7) is 3.31. The lowest BCUT2D eigenvalue weighted by Crippen LogP contribution is -2.51. The minimum absolute atomic E-state index is 0.0745. The monoisotopic (exact) mass is 434 g/mol. The third kappa shape index (κ3) is 5.21. The third-order valence-corrected chi connectivity index (χ3v) is 5.40. The molecule has 1 aromatic heterocycles. The average molecular weight is 434 g/mol. The third-order valence-electron chi connectivity index (χ3n) is 5.40. The molecule has 1 aliphatic heterocycles. The summed E-state index contributed by atoms with van der Waals surface area (Å²) in [6, 6.07) is 18.5. The molecule has 166 valence electrons. The number of rotatable bonds is 6. The van der Waals surface area contributed by atoms with Crippen LogP contribution >= 0.6 is 0 Å². The number of carbonyl (C=O) groups excluding carboxylic acids is 2. The Balaban J connectivity index is 1.22. The van der Waals surface area contributed by atoms with Crippen LogP contribution in [0.25, 0.3) is 0 Å². The normalized spacial score (nSPS) is 13.5. The van der Waals surface area contributed by atoms with E-state index in [1.54, 1.807) is 31.4 Å². The summed E-state index contributed by atoms with van der Waals surface area (Å²) in [5.74, 6) is 0.790. The van der Waals surface area contributed by atoms with E-state index in [-0.39, 0.29) is 17.7 Å². The number of anilines is 2. The number of ether oxygens (including phenoxy) is 1. The van der Waals surface area contributed by atoms with Crippen LogP contribution in [0.5, 0.6) is 5.75 Å². The smallest absolute Gasteiger partial charge is 0.317 e. The number of nitrogens with zero attached hydrogens (tertiary/aromatic N) is 2. The van der Waals surface area contributed by atoms with Crippen LogP contribution in [-0.4, -0.2) is 50.1 Å². The highest BCUT2D eigenvalue weighted by Crippen LogP contribution is 2.20. The molecule has 8 nitrogen and oxygen atoms in total. The van der Waals surface area contributed by atoms with Crippen LogP contribution in [0.4, 0.5) is 16.2 Å². The minimum Gasteiger partial charge on any atom is -0.497 e. The van der Waals surface area contributed by atoms with Gasteiger partial charge in [0.1, 0.15) is 5.75 Å². The number of methoxy groups -OCH3 is 1. The molecule has 2 heterocycles. The van der Waals surface area contributed by atoms with Crippen LogP contribution in [-0.2, 0) is 6.54 Å². The van der Waals surface area contributed by atoms with Crippen molar-refractivity contribution in [2.75, 3.05) is 43.5 Å². The second-order valence-corrected chi connectivity index (χ2v) is 7.46. The van der Waals surface area contributed by atoms with E-state index in [1.165, 1.54) is 6.26 Å². The second kappa shape index (κ2) is 9.91. The summed E-state index contributed by atoms with van der Waals surface area (Å²) in [7, 11) is 1.65. The Kier molecular flexibility index (Phi) is 6.60. The highest BCUT2D eigenvalue weighted by atomic mass is 16.5. The fraction of sp³-hybridized carbons (Fsp3) is 0.250. The second-order valence-electron chi connectivity index (χ2n) is 7.46. The standard InChI is InChI=1S/C24H26N4O4/c1-31-21-10-8-20(9-11-21)27-12-14-28(15-13-27)24(30)25-17-18-4-6-19(7-5-18)26-23(29)22-3-2-16-32-22/h2-11,16H,12-15,17H2,1H3,(H,25,30)(H,26,29). The zero-order chi connectivity index (χ0) is 22.3. The molecule has 1 fully saturated rings. The summed E-state index contributed by atoms with van der Waals surface area (Å²) in [5, 5.41) is 5.74. The van der Waals surface area contributed by atoms with Gasteiger partial charge in [0.05, 0.1) is 13.4 Å². The van der Waals surface area contributed by atoms with Crippen LogP contribution in [0.1, 0.15) is 16.1 Å². The molecule has 0 bridgehead atoms. The lowest BCUT2D eigenvalue weighted by molar-refractivity contribution is 0.0996. The molecular formula is C24H26N4O4. The van der Waals surface area contributed by atoms with Crippen LogP contribution in [0, 0.1) is 0 Å². The minimum atomic E-state index is -0.301. The largest absolute Gasteiger partial charge is 0.497 e. The van der Waals surface area contributed by atoms with Crippen LogP contribution in [0.15, 0.2) is 71.3 Å². The van der Waals surface area contributed by atoms with Gasteiger partial charge in [-0.15, -0.1) is 0 Å². The predicted octanol–water partition coefficient (Wildman–Crippen LogP) is 3.57. The van der Waals surface area contributed by atoms with Crippen molar-refractivity contribution in [2.24, 2.45) is 0 Å². The molecule has 2 aromatic carbocycles. The molecule has 1 saturated heterocycles. The number of hydrogen-bond donors (Lipinski definition) is 2. The van der Waals surface area contributed by atoms with E-state index in [1.807, 2.05) is 41.3 Å².